The number of anilines is 1. The van der Waals surface area contributed by atoms with Crippen LogP contribution in [0, 0.1) is 0 Å². The van der Waals surface area contributed by atoms with Gasteiger partial charge in [-0.25, -0.2) is 4.39 Å². The highest BCUT2D eigenvalue weighted by atomic mass is 19.1. The Morgan fingerprint density at radius 3 is 3.09 bits per heavy atom. The van der Waals surface area contributed by atoms with Gasteiger partial charge in [-0.2, -0.15) is 4.98 Å². The van der Waals surface area contributed by atoms with Crippen molar-refractivity contribution in [2.45, 2.75) is 6.42 Å². The van der Waals surface area contributed by atoms with Gasteiger partial charge in [-0.1, -0.05) is 0 Å². The molecule has 22 heavy (non-hydrogen) atoms. The standard InChI is InChI=1S/C15H20FN3O3/c1-20-6-2-5-18-15-19-13-4-3-12(7-14(13)22-15)21-10-11(8-16)9-17/h3-4,7-8H,2,5-6,9-10,17H2,1H3,(H,18,19)/b11-8+. The van der Waals surface area contributed by atoms with E-state index in [-0.39, 0.29) is 13.2 Å². The van der Waals surface area contributed by atoms with Crippen LogP contribution in [0.15, 0.2) is 34.5 Å². The van der Waals surface area contributed by atoms with Crippen molar-refractivity contribution in [2.24, 2.45) is 5.73 Å². The third-order valence-corrected chi connectivity index (χ3v) is 3.00. The van der Waals surface area contributed by atoms with E-state index >= 15 is 0 Å². The number of methoxy groups -OCH3 is 1. The molecule has 0 radical (unpaired) electrons. The second kappa shape index (κ2) is 8.35. The van der Waals surface area contributed by atoms with Crippen LogP contribution in [-0.4, -0.2) is 38.4 Å². The third kappa shape index (κ3) is 4.44. The molecule has 1 heterocycles. The van der Waals surface area contributed by atoms with Gasteiger partial charge in [0.2, 0.25) is 0 Å². The number of hydrogen-bond donors (Lipinski definition) is 2. The molecular formula is C15H20FN3O3. The van der Waals surface area contributed by atoms with Crippen molar-refractivity contribution in [2.75, 3.05) is 38.7 Å². The molecule has 120 valence electrons. The van der Waals surface area contributed by atoms with E-state index in [1.165, 1.54) is 0 Å². The van der Waals surface area contributed by atoms with Gasteiger partial charge in [-0.05, 0) is 18.6 Å². The number of nitrogens with one attached hydrogen (secondary N) is 1. The molecule has 0 spiro atoms. The van der Waals surface area contributed by atoms with Crippen LogP contribution in [0.25, 0.3) is 11.1 Å². The van der Waals surface area contributed by atoms with Crippen LogP contribution < -0.4 is 15.8 Å². The summed E-state index contributed by atoms with van der Waals surface area (Å²) in [7, 11) is 1.66. The number of aromatic nitrogens is 1. The van der Waals surface area contributed by atoms with Gasteiger partial charge in [0.05, 0.1) is 6.33 Å². The lowest BCUT2D eigenvalue weighted by molar-refractivity contribution is 0.197. The summed E-state index contributed by atoms with van der Waals surface area (Å²) in [6.07, 6.45) is 1.33. The minimum absolute atomic E-state index is 0.106. The molecule has 0 atom stereocenters. The van der Waals surface area contributed by atoms with Gasteiger partial charge in [-0.3, -0.25) is 0 Å². The minimum Gasteiger partial charge on any atom is -0.489 e. The molecule has 0 aliphatic rings. The van der Waals surface area contributed by atoms with Crippen LogP contribution in [0.1, 0.15) is 6.42 Å². The van der Waals surface area contributed by atoms with E-state index < -0.39 is 0 Å². The van der Waals surface area contributed by atoms with E-state index in [4.69, 9.17) is 19.6 Å². The first-order valence-electron chi connectivity index (χ1n) is 7.01. The van der Waals surface area contributed by atoms with E-state index in [2.05, 4.69) is 10.3 Å². The van der Waals surface area contributed by atoms with Crippen LogP contribution in [0.2, 0.25) is 0 Å². The Kier molecular flexibility index (Phi) is 6.17. The van der Waals surface area contributed by atoms with Gasteiger partial charge in [0.1, 0.15) is 17.9 Å². The summed E-state index contributed by atoms with van der Waals surface area (Å²) in [6, 6.07) is 5.71. The predicted molar refractivity (Wildman–Crippen MR) is 82.7 cm³/mol. The molecule has 3 N–H and O–H groups in total. The highest BCUT2D eigenvalue weighted by molar-refractivity contribution is 5.76. The van der Waals surface area contributed by atoms with Gasteiger partial charge < -0.3 is 24.9 Å². The van der Waals surface area contributed by atoms with Crippen molar-refractivity contribution < 1.29 is 18.3 Å². The SMILES string of the molecule is COCCCNc1nc2ccc(OC/C(=C/F)CN)cc2o1. The number of fused-ring (bicyclic) bond motifs is 1. The van der Waals surface area contributed by atoms with Crippen LogP contribution in [0.4, 0.5) is 10.4 Å². The lowest BCUT2D eigenvalue weighted by Crippen LogP contribution is -2.10. The average Bonchev–Trinajstić information content (AvgIpc) is 2.94. The highest BCUT2D eigenvalue weighted by Gasteiger charge is 2.07. The normalized spacial score (nSPS) is 11.9. The predicted octanol–water partition coefficient (Wildman–Crippen LogP) is 2.47. The Morgan fingerprint density at radius 1 is 1.50 bits per heavy atom. The van der Waals surface area contributed by atoms with Crippen molar-refractivity contribution in [3.63, 3.8) is 0 Å². The summed E-state index contributed by atoms with van der Waals surface area (Å²) in [4.78, 5) is 4.31. The molecule has 0 fully saturated rings. The maximum absolute atomic E-state index is 12.4. The summed E-state index contributed by atoms with van der Waals surface area (Å²) in [5.74, 6) is 0.572. The number of ether oxygens (including phenoxy) is 2. The fourth-order valence-corrected chi connectivity index (χ4v) is 1.79. The molecule has 1 aromatic heterocycles. The fourth-order valence-electron chi connectivity index (χ4n) is 1.79. The van der Waals surface area contributed by atoms with Crippen molar-refractivity contribution in [3.05, 3.63) is 30.1 Å². The van der Waals surface area contributed by atoms with E-state index in [9.17, 15) is 4.39 Å². The van der Waals surface area contributed by atoms with Gasteiger partial charge in [0.25, 0.3) is 6.01 Å². The Hall–Kier alpha value is -2.12. The van der Waals surface area contributed by atoms with Gasteiger partial charge in [0.15, 0.2) is 5.58 Å². The molecule has 1 aromatic carbocycles. The molecule has 0 bridgehead atoms. The maximum atomic E-state index is 12.4. The number of oxazole rings is 1. The summed E-state index contributed by atoms with van der Waals surface area (Å²) < 4.78 is 28.5. The molecule has 0 saturated carbocycles. The topological polar surface area (TPSA) is 82.5 Å². The largest absolute Gasteiger partial charge is 0.489 e. The molecular weight excluding hydrogens is 289 g/mol. The first kappa shape index (κ1) is 16.3. The monoisotopic (exact) mass is 309 g/mol. The number of halogens is 1. The van der Waals surface area contributed by atoms with Gasteiger partial charge >= 0.3 is 0 Å². The Labute approximate surface area is 128 Å². The van der Waals surface area contributed by atoms with E-state index in [0.29, 0.717) is 42.4 Å². The Bertz CT molecular complexity index is 628. The van der Waals surface area contributed by atoms with Gasteiger partial charge in [-0.15, -0.1) is 0 Å². The number of rotatable bonds is 9. The zero-order chi connectivity index (χ0) is 15.8. The van der Waals surface area contributed by atoms with Crippen molar-refractivity contribution in [1.29, 1.82) is 0 Å². The molecule has 0 saturated heterocycles. The highest BCUT2D eigenvalue weighted by Crippen LogP contribution is 2.24. The van der Waals surface area contributed by atoms with Crippen LogP contribution in [0.5, 0.6) is 5.75 Å². The Morgan fingerprint density at radius 2 is 2.36 bits per heavy atom. The van der Waals surface area contributed by atoms with E-state index in [0.717, 1.165) is 11.9 Å². The number of nitrogens with zero attached hydrogens (tertiary/aromatic N) is 1. The second-order valence-electron chi connectivity index (χ2n) is 4.68. The quantitative estimate of drug-likeness (QED) is 0.692. The first-order valence-corrected chi connectivity index (χ1v) is 7.01. The van der Waals surface area contributed by atoms with Crippen LogP contribution >= 0.6 is 0 Å². The molecule has 2 aromatic rings. The molecule has 0 aliphatic carbocycles. The Balaban J connectivity index is 1.98. The summed E-state index contributed by atoms with van der Waals surface area (Å²) >= 11 is 0. The smallest absolute Gasteiger partial charge is 0.295 e. The minimum atomic E-state index is 0.106. The van der Waals surface area contributed by atoms with Crippen molar-refractivity contribution in [3.8, 4) is 5.75 Å². The average molecular weight is 309 g/mol. The molecule has 0 aliphatic heterocycles. The first-order chi connectivity index (χ1) is 10.8. The zero-order valence-corrected chi connectivity index (χ0v) is 12.5. The van der Waals surface area contributed by atoms with Crippen molar-refractivity contribution >= 4 is 17.1 Å². The lowest BCUT2D eigenvalue weighted by Gasteiger charge is -2.06. The second-order valence-corrected chi connectivity index (χ2v) is 4.68. The summed E-state index contributed by atoms with van der Waals surface area (Å²) in [5.41, 5.74) is 7.09. The van der Waals surface area contributed by atoms with Crippen LogP contribution in [0.3, 0.4) is 0 Å². The molecule has 0 unspecified atom stereocenters. The van der Waals surface area contributed by atoms with E-state index in [1.807, 2.05) is 0 Å². The number of hydrogen-bond acceptors (Lipinski definition) is 6. The van der Waals surface area contributed by atoms with Crippen molar-refractivity contribution in [1.82, 2.24) is 4.98 Å². The fraction of sp³-hybridized carbons (Fsp3) is 0.400. The summed E-state index contributed by atoms with van der Waals surface area (Å²) in [5, 5.41) is 3.08. The number of nitrogens with two attached hydrogens (primary N) is 1. The third-order valence-electron chi connectivity index (χ3n) is 3.00. The lowest BCUT2D eigenvalue weighted by atomic mass is 10.3. The van der Waals surface area contributed by atoms with Crippen LogP contribution in [-0.2, 0) is 4.74 Å². The molecule has 7 heteroatoms. The maximum Gasteiger partial charge on any atom is 0.295 e. The molecule has 6 nitrogen and oxygen atoms in total. The molecule has 0 amide bonds. The van der Waals surface area contributed by atoms with E-state index in [1.54, 1.807) is 25.3 Å². The van der Waals surface area contributed by atoms with Gasteiger partial charge in [0, 0.05) is 38.4 Å². The number of benzene rings is 1. The zero-order valence-electron chi connectivity index (χ0n) is 12.5. The summed E-state index contributed by atoms with van der Waals surface area (Å²) in [6.45, 7) is 1.62. The molecule has 2 rings (SSSR count).